The van der Waals surface area contributed by atoms with Crippen molar-refractivity contribution in [2.24, 2.45) is 0 Å². The number of carbonyl (C=O) groups excluding carboxylic acids is 1. The van der Waals surface area contributed by atoms with Crippen LogP contribution in [-0.4, -0.2) is 11.5 Å². The third-order valence-corrected chi connectivity index (χ3v) is 2.09. The van der Waals surface area contributed by atoms with Crippen LogP contribution in [0.25, 0.3) is 0 Å². The molecule has 0 aliphatic heterocycles. The molecule has 2 rings (SSSR count). The summed E-state index contributed by atoms with van der Waals surface area (Å²) in [6, 6.07) is 7.15. The summed E-state index contributed by atoms with van der Waals surface area (Å²) in [7, 11) is 0. The van der Waals surface area contributed by atoms with Crippen LogP contribution < -0.4 is 0 Å². The molecule has 0 fully saturated rings. The molecule has 14 heavy (non-hydrogen) atoms. The van der Waals surface area contributed by atoms with Gasteiger partial charge in [0.1, 0.15) is 0 Å². The van der Waals surface area contributed by atoms with Gasteiger partial charge in [0.25, 0.3) is 0 Å². The van der Waals surface area contributed by atoms with E-state index in [0.717, 1.165) is 0 Å². The van der Waals surface area contributed by atoms with Gasteiger partial charge in [-0.3, -0.25) is 0 Å². The van der Waals surface area contributed by atoms with Gasteiger partial charge in [-0.05, 0) is 0 Å². The van der Waals surface area contributed by atoms with Crippen LogP contribution >= 0.6 is 0 Å². The summed E-state index contributed by atoms with van der Waals surface area (Å²) in [6.45, 7) is 1.69. The molecular formula is C11H8NOY-. The van der Waals surface area contributed by atoms with Crippen molar-refractivity contribution < 1.29 is 37.5 Å². The van der Waals surface area contributed by atoms with E-state index in [1.54, 1.807) is 19.1 Å². The zero-order valence-corrected chi connectivity index (χ0v) is 10.6. The van der Waals surface area contributed by atoms with Crippen molar-refractivity contribution in [2.45, 2.75) is 6.92 Å². The normalized spacial score (nSPS) is 14.2. The Bertz CT molecular complexity index is 435. The second-order valence-electron chi connectivity index (χ2n) is 3.00. The molecule has 1 N–H and O–H groups in total. The minimum Gasteiger partial charge on any atom is -0.366 e. The average molecular weight is 259 g/mol. The van der Waals surface area contributed by atoms with Crippen LogP contribution in [0.3, 0.4) is 0 Å². The van der Waals surface area contributed by atoms with E-state index in [0.29, 0.717) is 22.4 Å². The van der Waals surface area contributed by atoms with Crippen molar-refractivity contribution in [2.75, 3.05) is 0 Å². The zero-order chi connectivity index (χ0) is 9.42. The van der Waals surface area contributed by atoms with E-state index in [4.69, 9.17) is 5.41 Å². The number of hydrogen-bond acceptors (Lipinski definition) is 2. The second kappa shape index (κ2) is 4.28. The number of fused-ring (bicyclic) bond motifs is 1. The molecule has 1 aliphatic rings. The van der Waals surface area contributed by atoms with Gasteiger partial charge in [0.05, 0.1) is 5.78 Å². The fourth-order valence-electron chi connectivity index (χ4n) is 1.41. The van der Waals surface area contributed by atoms with Crippen molar-refractivity contribution in [3.05, 3.63) is 47.0 Å². The summed E-state index contributed by atoms with van der Waals surface area (Å²) in [5.74, 6) is -0.0217. The van der Waals surface area contributed by atoms with Crippen molar-refractivity contribution in [1.29, 1.82) is 5.41 Å². The van der Waals surface area contributed by atoms with Gasteiger partial charge in [-0.25, -0.2) is 0 Å². The smallest absolute Gasteiger partial charge is 0.0749 e. The van der Waals surface area contributed by atoms with Gasteiger partial charge < -0.3 is 10.2 Å². The molecule has 0 spiro atoms. The summed E-state index contributed by atoms with van der Waals surface area (Å²) in [4.78, 5) is 11.6. The molecule has 3 heteroatoms. The molecule has 0 bridgehead atoms. The van der Waals surface area contributed by atoms with Gasteiger partial charge in [0.15, 0.2) is 0 Å². The third kappa shape index (κ3) is 1.77. The molecule has 1 aliphatic carbocycles. The molecule has 0 amide bonds. The first-order valence-corrected chi connectivity index (χ1v) is 4.03. The van der Waals surface area contributed by atoms with Gasteiger partial charge in [-0.15, -0.1) is 17.7 Å². The Morgan fingerprint density at radius 2 is 1.79 bits per heavy atom. The van der Waals surface area contributed by atoms with Crippen LogP contribution in [0, 0.1) is 11.5 Å². The maximum Gasteiger partial charge on any atom is 0.0749 e. The number of hydrogen-bond donors (Lipinski definition) is 1. The quantitative estimate of drug-likeness (QED) is 0.711. The molecular weight excluding hydrogens is 251 g/mol. The maximum absolute atomic E-state index is 11.6. The molecule has 0 heterocycles. The maximum atomic E-state index is 11.6. The second-order valence-corrected chi connectivity index (χ2v) is 3.00. The SMILES string of the molecule is CC1=[C-]C(=N)c2ccccc2C1=O.[Y]. The minimum absolute atomic E-state index is 0. The Hall–Kier alpha value is -0.596. The van der Waals surface area contributed by atoms with Gasteiger partial charge in [0.2, 0.25) is 0 Å². The molecule has 1 radical (unpaired) electrons. The first kappa shape index (κ1) is 11.5. The average Bonchev–Trinajstić information content (AvgIpc) is 2.15. The van der Waals surface area contributed by atoms with Crippen LogP contribution in [0.4, 0.5) is 0 Å². The number of Topliss-reactive ketones (excluding diaryl/α,β-unsaturated/α-hetero) is 1. The largest absolute Gasteiger partial charge is 0.366 e. The van der Waals surface area contributed by atoms with Crippen LogP contribution in [-0.2, 0) is 32.7 Å². The van der Waals surface area contributed by atoms with Crippen molar-refractivity contribution in [1.82, 2.24) is 0 Å². The fraction of sp³-hybridized carbons (Fsp3) is 0.0909. The first-order chi connectivity index (χ1) is 6.20. The number of rotatable bonds is 0. The van der Waals surface area contributed by atoms with Crippen LogP contribution in [0.1, 0.15) is 22.8 Å². The molecule has 2 nitrogen and oxygen atoms in total. The fourth-order valence-corrected chi connectivity index (χ4v) is 1.41. The molecule has 0 saturated heterocycles. The van der Waals surface area contributed by atoms with Gasteiger partial charge >= 0.3 is 0 Å². The molecule has 0 unspecified atom stereocenters. The standard InChI is InChI=1S/C11H8NO.Y/c1-7-6-10(12)8-4-2-3-5-9(8)11(7)13;/h2-5,12H,1H3;/q-1;. The molecule has 0 atom stereocenters. The molecule has 1 aromatic carbocycles. The Morgan fingerprint density at radius 1 is 1.21 bits per heavy atom. The predicted molar refractivity (Wildman–Crippen MR) is 50.0 cm³/mol. The van der Waals surface area contributed by atoms with Crippen molar-refractivity contribution in [3.8, 4) is 0 Å². The topological polar surface area (TPSA) is 40.9 Å². The summed E-state index contributed by atoms with van der Waals surface area (Å²) in [6.07, 6.45) is 2.74. The van der Waals surface area contributed by atoms with E-state index in [-0.39, 0.29) is 38.5 Å². The Balaban J connectivity index is 0.000000980. The Morgan fingerprint density at radius 3 is 2.43 bits per heavy atom. The van der Waals surface area contributed by atoms with E-state index >= 15 is 0 Å². The van der Waals surface area contributed by atoms with Gasteiger partial charge in [-0.1, -0.05) is 42.0 Å². The zero-order valence-electron chi connectivity index (χ0n) is 7.79. The van der Waals surface area contributed by atoms with Crippen LogP contribution in [0.5, 0.6) is 0 Å². The number of nitrogens with one attached hydrogen (secondary N) is 1. The predicted octanol–water partition coefficient (Wildman–Crippen LogP) is 2.00. The number of allylic oxidation sites excluding steroid dienone is 2. The summed E-state index contributed by atoms with van der Waals surface area (Å²) in [5.41, 5.74) is 2.11. The van der Waals surface area contributed by atoms with E-state index < -0.39 is 0 Å². The van der Waals surface area contributed by atoms with E-state index in [1.165, 1.54) is 0 Å². The minimum atomic E-state index is -0.0217. The van der Waals surface area contributed by atoms with Crippen LogP contribution in [0.2, 0.25) is 0 Å². The summed E-state index contributed by atoms with van der Waals surface area (Å²) >= 11 is 0. The number of carbonyl (C=O) groups is 1. The van der Waals surface area contributed by atoms with E-state index in [1.807, 2.05) is 12.1 Å². The monoisotopic (exact) mass is 259 g/mol. The third-order valence-electron chi connectivity index (χ3n) is 2.09. The Kier molecular flexibility index (Phi) is 3.51. The first-order valence-electron chi connectivity index (χ1n) is 4.03. The number of benzene rings is 1. The summed E-state index contributed by atoms with van der Waals surface area (Å²) < 4.78 is 0. The molecule has 0 saturated carbocycles. The molecule has 1 aromatic rings. The van der Waals surface area contributed by atoms with Crippen molar-refractivity contribution in [3.63, 3.8) is 0 Å². The summed E-state index contributed by atoms with van der Waals surface area (Å²) in [5, 5.41) is 7.61. The Labute approximate surface area is 108 Å². The molecule has 67 valence electrons. The van der Waals surface area contributed by atoms with Crippen molar-refractivity contribution >= 4 is 11.5 Å². The number of ketones is 1. The van der Waals surface area contributed by atoms with E-state index in [9.17, 15) is 4.79 Å². The van der Waals surface area contributed by atoms with Crippen LogP contribution in [0.15, 0.2) is 29.8 Å². The molecule has 0 aromatic heterocycles. The van der Waals surface area contributed by atoms with Gasteiger partial charge in [-0.2, -0.15) is 0 Å². The van der Waals surface area contributed by atoms with E-state index in [2.05, 4.69) is 6.08 Å². The van der Waals surface area contributed by atoms with Gasteiger partial charge in [0, 0.05) is 32.7 Å².